The Morgan fingerprint density at radius 3 is 2.52 bits per heavy atom. The number of benzene rings is 4. The van der Waals surface area contributed by atoms with E-state index in [9.17, 15) is 9.59 Å². The summed E-state index contributed by atoms with van der Waals surface area (Å²) in [5.74, 6) is 1.08. The molecule has 222 valence electrons. The van der Waals surface area contributed by atoms with Gasteiger partial charge in [-0.05, 0) is 79.9 Å². The number of aromatic nitrogens is 1. The zero-order valence-electron chi connectivity index (χ0n) is 25.3. The van der Waals surface area contributed by atoms with Crippen LogP contribution in [0.25, 0.3) is 16.8 Å². The molecule has 0 saturated carbocycles. The first kappa shape index (κ1) is 29.1. The predicted molar refractivity (Wildman–Crippen MR) is 176 cm³/mol. The van der Waals surface area contributed by atoms with E-state index in [0.29, 0.717) is 44.4 Å². The number of fused-ring (bicyclic) bond motifs is 2. The number of amides is 1. The van der Waals surface area contributed by atoms with Crippen molar-refractivity contribution in [3.63, 3.8) is 0 Å². The largest absolute Gasteiger partial charge is 0.497 e. The molecule has 4 aromatic carbocycles. The smallest absolute Gasteiger partial charge is 0.271 e. The van der Waals surface area contributed by atoms with Crippen LogP contribution < -0.4 is 29.7 Å². The Morgan fingerprint density at radius 1 is 1.02 bits per heavy atom. The maximum Gasteiger partial charge on any atom is 0.271 e. The van der Waals surface area contributed by atoms with E-state index >= 15 is 0 Å². The van der Waals surface area contributed by atoms with Crippen molar-refractivity contribution in [2.45, 2.75) is 33.7 Å². The summed E-state index contributed by atoms with van der Waals surface area (Å²) in [7, 11) is 1.61. The minimum Gasteiger partial charge on any atom is -0.497 e. The third kappa shape index (κ3) is 5.33. The van der Waals surface area contributed by atoms with Crippen molar-refractivity contribution in [2.75, 3.05) is 19.0 Å². The molecule has 0 radical (unpaired) electrons. The van der Waals surface area contributed by atoms with Crippen molar-refractivity contribution in [2.24, 2.45) is 4.99 Å². The van der Waals surface area contributed by atoms with Gasteiger partial charge in [-0.3, -0.25) is 14.2 Å². The highest BCUT2D eigenvalue weighted by molar-refractivity contribution is 7.07. The standard InChI is InChI=1S/C36H33N3O4S/c1-6-43-30-18-14-24-9-7-8-10-27(24)28(30)20-31-35(41)39-33(25-12-15-26(42-5)16-13-25)32(23(4)37-36(39)44-31)34(40)38-29-17-11-21(2)19-22(29)3/h7-20,33H,6H2,1-5H3,(H,38,40)/b31-20+/t33-/m0/s1. The van der Waals surface area contributed by atoms with Gasteiger partial charge >= 0.3 is 0 Å². The van der Waals surface area contributed by atoms with Gasteiger partial charge in [0.15, 0.2) is 4.80 Å². The summed E-state index contributed by atoms with van der Waals surface area (Å²) in [4.78, 5) is 33.7. The Morgan fingerprint density at radius 2 is 1.80 bits per heavy atom. The van der Waals surface area contributed by atoms with E-state index in [1.807, 2.05) is 113 Å². The second kappa shape index (κ2) is 12.0. The summed E-state index contributed by atoms with van der Waals surface area (Å²) in [6, 6.07) is 24.6. The van der Waals surface area contributed by atoms with Crippen LogP contribution in [0.3, 0.4) is 0 Å². The number of carbonyl (C=O) groups is 1. The Labute approximate surface area is 259 Å². The van der Waals surface area contributed by atoms with Gasteiger partial charge in [0.05, 0.1) is 35.6 Å². The lowest BCUT2D eigenvalue weighted by molar-refractivity contribution is -0.113. The third-order valence-electron chi connectivity index (χ3n) is 7.83. The van der Waals surface area contributed by atoms with Gasteiger partial charge in [0.2, 0.25) is 0 Å². The van der Waals surface area contributed by atoms with Gasteiger partial charge < -0.3 is 14.8 Å². The number of hydrogen-bond acceptors (Lipinski definition) is 6. The Hall–Kier alpha value is -4.95. The molecular weight excluding hydrogens is 570 g/mol. The van der Waals surface area contributed by atoms with Gasteiger partial charge in [0.1, 0.15) is 11.5 Å². The molecule has 0 saturated heterocycles. The monoisotopic (exact) mass is 603 g/mol. The van der Waals surface area contributed by atoms with Gasteiger partial charge in [0.25, 0.3) is 11.5 Å². The molecule has 0 spiro atoms. The molecule has 0 bridgehead atoms. The molecule has 0 fully saturated rings. The highest BCUT2D eigenvalue weighted by atomic mass is 32.1. The fourth-order valence-corrected chi connectivity index (χ4v) is 6.72. The van der Waals surface area contributed by atoms with Crippen LogP contribution in [-0.4, -0.2) is 24.2 Å². The maximum absolute atomic E-state index is 14.3. The quantitative estimate of drug-likeness (QED) is 0.246. The summed E-state index contributed by atoms with van der Waals surface area (Å²) < 4.78 is 13.5. The average Bonchev–Trinajstić information content (AvgIpc) is 3.32. The van der Waals surface area contributed by atoms with Gasteiger partial charge in [-0.25, -0.2) is 4.99 Å². The fourth-order valence-electron chi connectivity index (χ4n) is 5.69. The van der Waals surface area contributed by atoms with Gasteiger partial charge in [-0.15, -0.1) is 0 Å². The molecule has 1 aliphatic heterocycles. The molecule has 6 rings (SSSR count). The van der Waals surface area contributed by atoms with Crippen LogP contribution in [0.5, 0.6) is 11.5 Å². The minimum atomic E-state index is -0.691. The van der Waals surface area contributed by atoms with Crippen LogP contribution in [0.15, 0.2) is 99.9 Å². The van der Waals surface area contributed by atoms with Crippen LogP contribution in [0.1, 0.15) is 42.1 Å². The highest BCUT2D eigenvalue weighted by Gasteiger charge is 2.33. The molecule has 2 heterocycles. The van der Waals surface area contributed by atoms with Crippen LogP contribution >= 0.6 is 11.3 Å². The Kier molecular flexibility index (Phi) is 7.93. The van der Waals surface area contributed by atoms with Gasteiger partial charge in [-0.1, -0.05) is 71.5 Å². The number of nitrogens with one attached hydrogen (secondary N) is 1. The number of hydrogen-bond donors (Lipinski definition) is 1. The van der Waals surface area contributed by atoms with E-state index in [1.54, 1.807) is 11.7 Å². The molecule has 8 heteroatoms. The van der Waals surface area contributed by atoms with Crippen molar-refractivity contribution < 1.29 is 14.3 Å². The van der Waals surface area contributed by atoms with E-state index in [-0.39, 0.29) is 11.5 Å². The van der Waals surface area contributed by atoms with Crippen molar-refractivity contribution in [1.29, 1.82) is 0 Å². The van der Waals surface area contributed by atoms with Crippen LogP contribution in [0.2, 0.25) is 0 Å². The molecule has 7 nitrogen and oxygen atoms in total. The van der Waals surface area contributed by atoms with E-state index in [4.69, 9.17) is 14.5 Å². The van der Waals surface area contributed by atoms with E-state index in [0.717, 1.165) is 33.0 Å². The topological polar surface area (TPSA) is 81.9 Å². The van der Waals surface area contributed by atoms with Gasteiger partial charge in [0, 0.05) is 11.3 Å². The van der Waals surface area contributed by atoms with Crippen molar-refractivity contribution in [3.05, 3.63) is 132 Å². The van der Waals surface area contributed by atoms with E-state index in [1.165, 1.54) is 11.3 Å². The lowest BCUT2D eigenvalue weighted by atomic mass is 9.95. The molecule has 1 N–H and O–H groups in total. The van der Waals surface area contributed by atoms with Crippen molar-refractivity contribution in [1.82, 2.24) is 4.57 Å². The fraction of sp³-hybridized carbons (Fsp3) is 0.194. The molecule has 44 heavy (non-hydrogen) atoms. The number of thiazole rings is 1. The maximum atomic E-state index is 14.3. The average molecular weight is 604 g/mol. The number of nitrogens with zero attached hydrogens (tertiary/aromatic N) is 2. The van der Waals surface area contributed by atoms with Crippen molar-refractivity contribution >= 4 is 39.8 Å². The zero-order valence-corrected chi connectivity index (χ0v) is 26.1. The van der Waals surface area contributed by atoms with E-state index < -0.39 is 6.04 Å². The predicted octanol–water partition coefficient (Wildman–Crippen LogP) is 6.05. The zero-order chi connectivity index (χ0) is 31.0. The SMILES string of the molecule is CCOc1ccc2ccccc2c1/C=c1/sc2n(c1=O)[C@@H](c1ccc(OC)cc1)C(C(=O)Nc1ccc(C)cc1C)=C(C)N=2. The third-order valence-corrected chi connectivity index (χ3v) is 8.82. The number of rotatable bonds is 7. The summed E-state index contributed by atoms with van der Waals surface area (Å²) in [6.45, 7) is 8.23. The molecule has 1 atom stereocenters. The Bertz CT molecular complexity index is 2120. The second-order valence-electron chi connectivity index (χ2n) is 10.8. The van der Waals surface area contributed by atoms with Crippen LogP contribution in [-0.2, 0) is 4.79 Å². The lowest BCUT2D eigenvalue weighted by Gasteiger charge is -2.25. The number of anilines is 1. The lowest BCUT2D eigenvalue weighted by Crippen LogP contribution is -2.40. The molecule has 1 aliphatic rings. The molecule has 1 aromatic heterocycles. The molecule has 1 amide bonds. The van der Waals surface area contributed by atoms with Crippen LogP contribution in [0.4, 0.5) is 5.69 Å². The van der Waals surface area contributed by atoms with E-state index in [2.05, 4.69) is 5.32 Å². The number of ether oxygens (including phenoxy) is 2. The summed E-state index contributed by atoms with van der Waals surface area (Å²) >= 11 is 1.31. The number of aryl methyl sites for hydroxylation is 2. The molecular formula is C36H33N3O4S. The molecule has 0 aliphatic carbocycles. The van der Waals surface area contributed by atoms with Crippen LogP contribution in [0, 0.1) is 13.8 Å². The molecule has 5 aromatic rings. The van der Waals surface area contributed by atoms with Gasteiger partial charge in [-0.2, -0.15) is 0 Å². The first-order chi connectivity index (χ1) is 21.3. The normalized spacial score (nSPS) is 14.8. The summed E-state index contributed by atoms with van der Waals surface area (Å²) in [6.07, 6.45) is 1.89. The first-order valence-corrected chi connectivity index (χ1v) is 15.3. The highest BCUT2D eigenvalue weighted by Crippen LogP contribution is 2.33. The second-order valence-corrected chi connectivity index (χ2v) is 11.8. The molecule has 0 unspecified atom stereocenters. The summed E-state index contributed by atoms with van der Waals surface area (Å²) in [5, 5.41) is 5.12. The minimum absolute atomic E-state index is 0.228. The number of allylic oxidation sites excluding steroid dienone is 1. The summed E-state index contributed by atoms with van der Waals surface area (Å²) in [5.41, 5.74) is 5.13. The van der Waals surface area contributed by atoms with Crippen molar-refractivity contribution in [3.8, 4) is 11.5 Å². The Balaban J connectivity index is 1.54. The number of methoxy groups -OCH3 is 1. The first-order valence-electron chi connectivity index (χ1n) is 14.5. The number of carbonyl (C=O) groups excluding carboxylic acids is 1.